The van der Waals surface area contributed by atoms with Crippen LogP contribution in [0.15, 0.2) is 30.5 Å². The minimum Gasteiger partial charge on any atom is -0.454 e. The van der Waals surface area contributed by atoms with Gasteiger partial charge in [0.25, 0.3) is 5.91 Å². The van der Waals surface area contributed by atoms with Crippen LogP contribution in [0.1, 0.15) is 12.5 Å². The Labute approximate surface area is 156 Å². The number of hydrogen-bond donors (Lipinski definition) is 2. The van der Waals surface area contributed by atoms with Crippen molar-refractivity contribution in [2.24, 2.45) is 0 Å². The van der Waals surface area contributed by atoms with Crippen LogP contribution in [0.2, 0.25) is 0 Å². The third kappa shape index (κ3) is 4.85. The van der Waals surface area contributed by atoms with Crippen molar-refractivity contribution >= 4 is 28.7 Å². The van der Waals surface area contributed by atoms with Crippen molar-refractivity contribution in [1.29, 1.82) is 0 Å². The van der Waals surface area contributed by atoms with E-state index in [0.717, 1.165) is 16.5 Å². The predicted octanol–water partition coefficient (Wildman–Crippen LogP) is 0.617. The van der Waals surface area contributed by atoms with E-state index in [-0.39, 0.29) is 24.8 Å². The molecule has 0 aliphatic carbocycles. The molecule has 144 valence electrons. The first kappa shape index (κ1) is 18.9. The summed E-state index contributed by atoms with van der Waals surface area (Å²) in [6.45, 7) is 2.93. The molecule has 1 aliphatic heterocycles. The van der Waals surface area contributed by atoms with Crippen molar-refractivity contribution in [3.63, 3.8) is 0 Å². The van der Waals surface area contributed by atoms with Gasteiger partial charge < -0.3 is 24.7 Å². The Hall–Kier alpha value is -2.87. The maximum atomic E-state index is 12.5. The van der Waals surface area contributed by atoms with Crippen molar-refractivity contribution < 1.29 is 23.9 Å². The number of H-pyrrole nitrogens is 1. The summed E-state index contributed by atoms with van der Waals surface area (Å²) in [6, 6.07) is 6.84. The van der Waals surface area contributed by atoms with E-state index in [9.17, 15) is 14.4 Å². The second kappa shape index (κ2) is 8.68. The highest BCUT2D eigenvalue weighted by Crippen LogP contribution is 2.19. The molecule has 1 aromatic heterocycles. The maximum absolute atomic E-state index is 12.5. The molecule has 27 heavy (non-hydrogen) atoms. The fourth-order valence-electron chi connectivity index (χ4n) is 3.10. The van der Waals surface area contributed by atoms with Gasteiger partial charge in [0.2, 0.25) is 5.91 Å². The number of amides is 2. The number of carbonyl (C=O) groups is 3. The van der Waals surface area contributed by atoms with E-state index in [2.05, 4.69) is 10.3 Å². The van der Waals surface area contributed by atoms with Crippen LogP contribution in [0, 0.1) is 0 Å². The Morgan fingerprint density at radius 2 is 2.00 bits per heavy atom. The molecule has 2 amide bonds. The fourth-order valence-corrected chi connectivity index (χ4v) is 3.10. The lowest BCUT2D eigenvalue weighted by Crippen LogP contribution is -2.45. The Bertz CT molecular complexity index is 826. The van der Waals surface area contributed by atoms with Crippen LogP contribution < -0.4 is 5.32 Å². The van der Waals surface area contributed by atoms with E-state index < -0.39 is 12.0 Å². The molecule has 0 saturated carbocycles. The molecule has 2 N–H and O–H groups in total. The molecule has 8 nitrogen and oxygen atoms in total. The van der Waals surface area contributed by atoms with Crippen LogP contribution in [-0.4, -0.2) is 66.6 Å². The van der Waals surface area contributed by atoms with Gasteiger partial charge in [0.15, 0.2) is 6.61 Å². The van der Waals surface area contributed by atoms with Gasteiger partial charge >= 0.3 is 5.97 Å². The highest BCUT2D eigenvalue weighted by Gasteiger charge is 2.25. The molecule has 1 aliphatic rings. The fraction of sp³-hybridized carbons (Fsp3) is 0.421. The van der Waals surface area contributed by atoms with Gasteiger partial charge in [-0.2, -0.15) is 0 Å². The standard InChI is InChI=1S/C19H23N3O5/c1-13(23)21-17(10-14-11-20-16-5-3-2-4-15(14)16)19(25)27-12-18(24)22-6-8-26-9-7-22/h2-5,11,17,20H,6-10,12H2,1H3,(H,21,23)/t17-/m0/s1. The number of fused-ring (bicyclic) bond motifs is 1. The number of ether oxygens (including phenoxy) is 2. The van der Waals surface area contributed by atoms with Crippen LogP contribution in [-0.2, 0) is 30.3 Å². The molecule has 0 spiro atoms. The van der Waals surface area contributed by atoms with Crippen LogP contribution in [0.3, 0.4) is 0 Å². The molecule has 3 rings (SSSR count). The summed E-state index contributed by atoms with van der Waals surface area (Å²) in [5.41, 5.74) is 1.84. The lowest BCUT2D eigenvalue weighted by atomic mass is 10.0. The summed E-state index contributed by atoms with van der Waals surface area (Å²) in [7, 11) is 0. The molecule has 0 bridgehead atoms. The molecule has 0 unspecified atom stereocenters. The second-order valence-electron chi connectivity index (χ2n) is 6.42. The third-order valence-electron chi connectivity index (χ3n) is 4.46. The van der Waals surface area contributed by atoms with Gasteiger partial charge in [-0.3, -0.25) is 9.59 Å². The lowest BCUT2D eigenvalue weighted by Gasteiger charge is -2.26. The lowest BCUT2D eigenvalue weighted by molar-refractivity contribution is -0.155. The number of morpholine rings is 1. The van der Waals surface area contributed by atoms with E-state index in [1.54, 1.807) is 4.90 Å². The summed E-state index contributed by atoms with van der Waals surface area (Å²) in [5, 5.41) is 3.59. The Kier molecular flexibility index (Phi) is 6.08. The number of aromatic amines is 1. The van der Waals surface area contributed by atoms with E-state index in [1.807, 2.05) is 30.5 Å². The SMILES string of the molecule is CC(=O)N[C@@H](Cc1c[nH]c2ccccc12)C(=O)OCC(=O)N1CCOCC1. The molecule has 1 atom stereocenters. The van der Waals surface area contributed by atoms with Gasteiger partial charge in [-0.25, -0.2) is 4.79 Å². The normalized spacial score (nSPS) is 15.4. The van der Waals surface area contributed by atoms with Gasteiger partial charge in [0, 0.05) is 43.5 Å². The summed E-state index contributed by atoms with van der Waals surface area (Å²) in [6.07, 6.45) is 2.08. The largest absolute Gasteiger partial charge is 0.454 e. The number of para-hydroxylation sites is 1. The minimum absolute atomic E-state index is 0.264. The number of esters is 1. The Balaban J connectivity index is 1.63. The molecule has 1 saturated heterocycles. The molecule has 1 aromatic carbocycles. The average Bonchev–Trinajstić information content (AvgIpc) is 3.08. The quantitative estimate of drug-likeness (QED) is 0.723. The van der Waals surface area contributed by atoms with Crippen molar-refractivity contribution in [3.05, 3.63) is 36.0 Å². The van der Waals surface area contributed by atoms with E-state index in [1.165, 1.54) is 6.92 Å². The average molecular weight is 373 g/mol. The van der Waals surface area contributed by atoms with Gasteiger partial charge in [-0.1, -0.05) is 18.2 Å². The first-order valence-electron chi connectivity index (χ1n) is 8.89. The highest BCUT2D eigenvalue weighted by molar-refractivity contribution is 5.88. The molecule has 0 radical (unpaired) electrons. The zero-order valence-corrected chi connectivity index (χ0v) is 15.2. The summed E-state index contributed by atoms with van der Waals surface area (Å²) in [5.74, 6) is -1.23. The zero-order valence-electron chi connectivity index (χ0n) is 15.2. The molecule has 1 fully saturated rings. The smallest absolute Gasteiger partial charge is 0.329 e. The molecular formula is C19H23N3O5. The first-order valence-corrected chi connectivity index (χ1v) is 8.89. The van der Waals surface area contributed by atoms with Gasteiger partial charge in [0.1, 0.15) is 6.04 Å². The topological polar surface area (TPSA) is 101 Å². The summed E-state index contributed by atoms with van der Waals surface area (Å²) in [4.78, 5) is 40.9. The number of nitrogens with one attached hydrogen (secondary N) is 2. The maximum Gasteiger partial charge on any atom is 0.329 e. The van der Waals surface area contributed by atoms with Crippen molar-refractivity contribution in [2.75, 3.05) is 32.9 Å². The van der Waals surface area contributed by atoms with E-state index in [0.29, 0.717) is 26.3 Å². The van der Waals surface area contributed by atoms with Gasteiger partial charge in [-0.15, -0.1) is 0 Å². The predicted molar refractivity (Wildman–Crippen MR) is 98.0 cm³/mol. The van der Waals surface area contributed by atoms with Crippen LogP contribution in [0.25, 0.3) is 10.9 Å². The number of hydrogen-bond acceptors (Lipinski definition) is 5. The molecule has 2 aromatic rings. The van der Waals surface area contributed by atoms with Crippen molar-refractivity contribution in [3.8, 4) is 0 Å². The molecular weight excluding hydrogens is 350 g/mol. The number of carbonyl (C=O) groups excluding carboxylic acids is 3. The number of nitrogens with zero attached hydrogens (tertiary/aromatic N) is 1. The van der Waals surface area contributed by atoms with Crippen molar-refractivity contribution in [1.82, 2.24) is 15.2 Å². The summed E-state index contributed by atoms with van der Waals surface area (Å²) < 4.78 is 10.4. The van der Waals surface area contributed by atoms with Crippen molar-refractivity contribution in [2.45, 2.75) is 19.4 Å². The number of benzene rings is 1. The van der Waals surface area contributed by atoms with Gasteiger partial charge in [-0.05, 0) is 11.6 Å². The van der Waals surface area contributed by atoms with E-state index in [4.69, 9.17) is 9.47 Å². The van der Waals surface area contributed by atoms with Crippen LogP contribution >= 0.6 is 0 Å². The highest BCUT2D eigenvalue weighted by atomic mass is 16.5. The monoisotopic (exact) mass is 373 g/mol. The molecule has 2 heterocycles. The number of rotatable bonds is 6. The van der Waals surface area contributed by atoms with Gasteiger partial charge in [0.05, 0.1) is 13.2 Å². The minimum atomic E-state index is -0.862. The first-order chi connectivity index (χ1) is 13.0. The number of aromatic nitrogens is 1. The Morgan fingerprint density at radius 3 is 2.74 bits per heavy atom. The summed E-state index contributed by atoms with van der Waals surface area (Å²) >= 11 is 0. The van der Waals surface area contributed by atoms with Crippen LogP contribution in [0.5, 0.6) is 0 Å². The van der Waals surface area contributed by atoms with Crippen LogP contribution in [0.4, 0.5) is 0 Å². The van der Waals surface area contributed by atoms with E-state index >= 15 is 0 Å². The Morgan fingerprint density at radius 1 is 1.26 bits per heavy atom. The zero-order chi connectivity index (χ0) is 19.2. The molecule has 8 heteroatoms. The second-order valence-corrected chi connectivity index (χ2v) is 6.42. The third-order valence-corrected chi connectivity index (χ3v) is 4.46.